The first kappa shape index (κ1) is 23.9. The van der Waals surface area contributed by atoms with E-state index in [-0.39, 0.29) is 23.2 Å². The van der Waals surface area contributed by atoms with Crippen LogP contribution in [0.4, 0.5) is 0 Å². The molecule has 0 amide bonds. The molecule has 4 aliphatic carbocycles. The molecule has 0 aliphatic heterocycles. The number of hydrogen-bond acceptors (Lipinski definition) is 3. The van der Waals surface area contributed by atoms with Crippen LogP contribution >= 0.6 is 0 Å². The predicted molar refractivity (Wildman–Crippen MR) is 133 cm³/mol. The molecule has 4 heteroatoms. The fourth-order valence-corrected chi connectivity index (χ4v) is 11.8. The molecule has 0 saturated heterocycles. The van der Waals surface area contributed by atoms with Crippen molar-refractivity contribution in [3.8, 4) is 0 Å². The molecule has 9 atom stereocenters. The molecule has 5 rings (SSSR count). The first-order chi connectivity index (χ1) is 15.5. The summed E-state index contributed by atoms with van der Waals surface area (Å²) in [7, 11) is -3.25. The molecule has 0 radical (unpaired) electrons. The molecule has 4 aliphatic rings. The van der Waals surface area contributed by atoms with Gasteiger partial charge in [-0.25, -0.2) is 8.42 Å². The van der Waals surface area contributed by atoms with Gasteiger partial charge in [0, 0.05) is 0 Å². The lowest BCUT2D eigenvalue weighted by Gasteiger charge is -2.66. The molecule has 0 aromatic heterocycles. The summed E-state index contributed by atoms with van der Waals surface area (Å²) in [5.74, 6) is 3.05. The van der Waals surface area contributed by atoms with Crippen molar-refractivity contribution in [3.63, 3.8) is 0 Å². The molecule has 33 heavy (non-hydrogen) atoms. The number of rotatable bonds is 4. The second kappa shape index (κ2) is 8.08. The molecule has 0 heterocycles. The van der Waals surface area contributed by atoms with Crippen molar-refractivity contribution in [2.45, 2.75) is 96.5 Å². The van der Waals surface area contributed by atoms with Gasteiger partial charge in [0.2, 0.25) is 0 Å². The van der Waals surface area contributed by atoms with Crippen LogP contribution in [0.2, 0.25) is 0 Å². The molecule has 4 fully saturated rings. The van der Waals surface area contributed by atoms with Gasteiger partial charge in [0.05, 0.1) is 16.8 Å². The Morgan fingerprint density at radius 1 is 0.879 bits per heavy atom. The summed E-state index contributed by atoms with van der Waals surface area (Å²) in [4.78, 5) is 0.470. The van der Waals surface area contributed by atoms with Crippen molar-refractivity contribution < 1.29 is 13.5 Å². The number of sulfone groups is 1. The van der Waals surface area contributed by atoms with Gasteiger partial charge in [0.15, 0.2) is 9.84 Å². The van der Waals surface area contributed by atoms with E-state index in [1.54, 1.807) is 12.1 Å². The molecule has 184 valence electrons. The lowest BCUT2D eigenvalue weighted by atomic mass is 9.39. The van der Waals surface area contributed by atoms with Gasteiger partial charge in [-0.05, 0) is 116 Å². The molecular weight excluding hydrogens is 428 g/mol. The van der Waals surface area contributed by atoms with Crippen LogP contribution in [0.1, 0.15) is 85.5 Å². The smallest absolute Gasteiger partial charge is 0.178 e. The van der Waals surface area contributed by atoms with Crippen LogP contribution in [0.3, 0.4) is 0 Å². The van der Waals surface area contributed by atoms with E-state index in [0.29, 0.717) is 33.5 Å². The van der Waals surface area contributed by atoms with E-state index in [1.165, 1.54) is 44.9 Å². The summed E-state index contributed by atoms with van der Waals surface area (Å²) in [5, 5.41) is 10.3. The van der Waals surface area contributed by atoms with Crippen LogP contribution in [0.15, 0.2) is 35.2 Å². The lowest BCUT2D eigenvalue weighted by Crippen LogP contribution is -2.59. The van der Waals surface area contributed by atoms with Gasteiger partial charge >= 0.3 is 0 Å². The fraction of sp³-hybridized carbons (Fsp3) is 0.793. The maximum Gasteiger partial charge on any atom is 0.178 e. The van der Waals surface area contributed by atoms with Crippen LogP contribution < -0.4 is 0 Å². The van der Waals surface area contributed by atoms with Crippen molar-refractivity contribution in [2.24, 2.45) is 45.8 Å². The fourth-order valence-electron chi connectivity index (χ4n) is 10.1. The van der Waals surface area contributed by atoms with Crippen molar-refractivity contribution in [1.82, 2.24) is 0 Å². The highest BCUT2D eigenvalue weighted by molar-refractivity contribution is 7.91. The standard InChI is InChI=1S/C29H44O3S/c1-20(19-33(31,32)23-8-6-5-7-9-23)24-10-11-25-28(24,3)17-14-26-27(2)16-13-22(30)18-21(27)12-15-29(25,26)4/h5-9,20-22,24-26,30H,10-19H2,1-4H3/t20-,21?,22+,24-,25?,26?,27+,28-,29+/m1/s1. The van der Waals surface area contributed by atoms with E-state index < -0.39 is 9.84 Å². The molecule has 1 aromatic rings. The largest absolute Gasteiger partial charge is 0.393 e. The van der Waals surface area contributed by atoms with Crippen LogP contribution in [0, 0.1) is 45.8 Å². The normalized spacial score (nSPS) is 46.2. The van der Waals surface area contributed by atoms with Crippen LogP contribution in [-0.4, -0.2) is 25.4 Å². The number of benzene rings is 1. The van der Waals surface area contributed by atoms with E-state index in [1.807, 2.05) is 18.2 Å². The van der Waals surface area contributed by atoms with Crippen molar-refractivity contribution in [3.05, 3.63) is 30.3 Å². The van der Waals surface area contributed by atoms with E-state index >= 15 is 0 Å². The van der Waals surface area contributed by atoms with Gasteiger partial charge in [-0.3, -0.25) is 0 Å². The van der Waals surface area contributed by atoms with Crippen molar-refractivity contribution in [1.29, 1.82) is 0 Å². The summed E-state index contributed by atoms with van der Waals surface area (Å²) < 4.78 is 26.3. The number of aliphatic hydroxyl groups is 1. The van der Waals surface area contributed by atoms with Crippen molar-refractivity contribution in [2.75, 3.05) is 5.75 Å². The van der Waals surface area contributed by atoms with E-state index in [0.717, 1.165) is 18.8 Å². The molecule has 3 unspecified atom stereocenters. The highest BCUT2D eigenvalue weighted by Gasteiger charge is 2.65. The van der Waals surface area contributed by atoms with E-state index in [9.17, 15) is 13.5 Å². The number of aliphatic hydroxyl groups excluding tert-OH is 1. The summed E-state index contributed by atoms with van der Waals surface area (Å²) in [6, 6.07) is 9.02. The Morgan fingerprint density at radius 3 is 2.24 bits per heavy atom. The Balaban J connectivity index is 1.38. The third kappa shape index (κ3) is 3.64. The third-order valence-electron chi connectivity index (χ3n) is 11.6. The number of hydrogen-bond donors (Lipinski definition) is 1. The third-order valence-corrected chi connectivity index (χ3v) is 13.5. The Morgan fingerprint density at radius 2 is 1.52 bits per heavy atom. The van der Waals surface area contributed by atoms with Gasteiger partial charge in [0.25, 0.3) is 0 Å². The molecule has 1 N–H and O–H groups in total. The minimum absolute atomic E-state index is 0.0930. The van der Waals surface area contributed by atoms with Gasteiger partial charge < -0.3 is 5.11 Å². The van der Waals surface area contributed by atoms with Gasteiger partial charge in [-0.15, -0.1) is 0 Å². The highest BCUT2D eigenvalue weighted by Crippen LogP contribution is 2.72. The monoisotopic (exact) mass is 472 g/mol. The van der Waals surface area contributed by atoms with E-state index in [2.05, 4.69) is 27.7 Å². The van der Waals surface area contributed by atoms with Gasteiger partial charge in [0.1, 0.15) is 0 Å². The minimum atomic E-state index is -3.25. The average molecular weight is 473 g/mol. The minimum Gasteiger partial charge on any atom is -0.393 e. The van der Waals surface area contributed by atoms with Gasteiger partial charge in [-0.1, -0.05) is 45.9 Å². The predicted octanol–water partition coefficient (Wildman–Crippen LogP) is 6.51. The molecule has 0 spiro atoms. The zero-order valence-electron chi connectivity index (χ0n) is 21.1. The summed E-state index contributed by atoms with van der Waals surface area (Å²) in [6.45, 7) is 9.87. The zero-order chi connectivity index (χ0) is 23.6. The van der Waals surface area contributed by atoms with Crippen LogP contribution in [0.25, 0.3) is 0 Å². The Hall–Kier alpha value is -0.870. The van der Waals surface area contributed by atoms with Crippen molar-refractivity contribution >= 4 is 9.84 Å². The summed E-state index contributed by atoms with van der Waals surface area (Å²) in [6.07, 6.45) is 10.6. The molecule has 3 nitrogen and oxygen atoms in total. The topological polar surface area (TPSA) is 54.4 Å². The van der Waals surface area contributed by atoms with Gasteiger partial charge in [-0.2, -0.15) is 0 Å². The SMILES string of the molecule is C[C@H](CS(=O)(=O)c1ccccc1)[C@H]1CCC2[C@]3(C)CCC4C[C@@H](O)CC[C@]4(C)C3CC[C@@]21C. The maximum atomic E-state index is 13.2. The first-order valence-corrected chi connectivity index (χ1v) is 15.1. The molecule has 0 bridgehead atoms. The quantitative estimate of drug-likeness (QED) is 0.544. The van der Waals surface area contributed by atoms with E-state index in [4.69, 9.17) is 0 Å². The second-order valence-corrected chi connectivity index (χ2v) is 15.1. The highest BCUT2D eigenvalue weighted by atomic mass is 32.2. The zero-order valence-corrected chi connectivity index (χ0v) is 21.9. The Labute approximate surface area is 201 Å². The average Bonchev–Trinajstić information content (AvgIpc) is 3.13. The lowest BCUT2D eigenvalue weighted by molar-refractivity contribution is -0.175. The molecule has 1 aromatic carbocycles. The second-order valence-electron chi connectivity index (χ2n) is 13.1. The summed E-state index contributed by atoms with van der Waals surface area (Å²) >= 11 is 0. The van der Waals surface area contributed by atoms with Crippen LogP contribution in [-0.2, 0) is 9.84 Å². The first-order valence-electron chi connectivity index (χ1n) is 13.5. The molecular formula is C29H44O3S. The maximum absolute atomic E-state index is 13.2. The molecule has 4 saturated carbocycles. The Bertz CT molecular complexity index is 974. The Kier molecular flexibility index (Phi) is 5.84. The number of fused-ring (bicyclic) bond motifs is 5. The van der Waals surface area contributed by atoms with Crippen LogP contribution in [0.5, 0.6) is 0 Å². The summed E-state index contributed by atoms with van der Waals surface area (Å²) in [5.41, 5.74) is 0.968.